The molecule has 0 aliphatic carbocycles. The lowest BCUT2D eigenvalue weighted by molar-refractivity contribution is 0.362. The number of hydrogen-bond donors (Lipinski definition) is 0. The molecule has 1 rings (SSSR count). The van der Waals surface area contributed by atoms with E-state index in [1.807, 2.05) is 36.4 Å². The van der Waals surface area contributed by atoms with E-state index in [4.69, 9.17) is 4.74 Å². The summed E-state index contributed by atoms with van der Waals surface area (Å²) in [6.07, 6.45) is 5.53. The highest BCUT2D eigenvalue weighted by Gasteiger charge is 2.08. The molecule has 0 fully saturated rings. The Morgan fingerprint density at radius 1 is 1.28 bits per heavy atom. The molecule has 0 aliphatic heterocycles. The third-order valence-corrected chi connectivity index (χ3v) is 2.94. The minimum absolute atomic E-state index is 0.539. The Bertz CT molecular complexity index is 484. The van der Waals surface area contributed by atoms with Gasteiger partial charge in [-0.15, -0.1) is 5.54 Å². The predicted molar refractivity (Wildman–Crippen MR) is 81.5 cm³/mol. The fourth-order valence-corrected chi connectivity index (χ4v) is 1.75. The van der Waals surface area contributed by atoms with E-state index in [9.17, 15) is 0 Å². The first-order valence-electron chi connectivity index (χ1n) is 6.05. The minimum Gasteiger partial charge on any atom is -0.488 e. The first-order valence-corrected chi connectivity index (χ1v) is 9.55. The molecule has 0 atom stereocenters. The van der Waals surface area contributed by atoms with E-state index in [1.165, 1.54) is 0 Å². The normalized spacial score (nSPS) is 10.8. The molecule has 0 amide bonds. The average molecular weight is 256 g/mol. The van der Waals surface area contributed by atoms with E-state index in [0.717, 1.165) is 11.3 Å². The van der Waals surface area contributed by atoms with Gasteiger partial charge in [0.05, 0.1) is 5.56 Å². The van der Waals surface area contributed by atoms with E-state index in [-0.39, 0.29) is 0 Å². The third-order valence-electron chi connectivity index (χ3n) is 2.07. The van der Waals surface area contributed by atoms with Crippen molar-refractivity contribution in [2.75, 3.05) is 6.61 Å². The molecule has 0 saturated carbocycles. The van der Waals surface area contributed by atoms with E-state index >= 15 is 0 Å². The molecule has 18 heavy (non-hydrogen) atoms. The molecule has 0 radical (unpaired) electrons. The van der Waals surface area contributed by atoms with Gasteiger partial charge in [-0.05, 0) is 18.2 Å². The third kappa shape index (κ3) is 5.56. The van der Waals surface area contributed by atoms with E-state index in [0.29, 0.717) is 6.61 Å². The maximum absolute atomic E-state index is 5.68. The van der Waals surface area contributed by atoms with Crippen molar-refractivity contribution in [2.24, 2.45) is 0 Å². The zero-order valence-electron chi connectivity index (χ0n) is 11.4. The Kier molecular flexibility index (Phi) is 5.48. The molecule has 0 heterocycles. The van der Waals surface area contributed by atoms with Crippen LogP contribution in [0.15, 0.2) is 49.1 Å². The van der Waals surface area contributed by atoms with Crippen LogP contribution in [0.3, 0.4) is 0 Å². The monoisotopic (exact) mass is 256 g/mol. The topological polar surface area (TPSA) is 9.23 Å². The van der Waals surface area contributed by atoms with Crippen molar-refractivity contribution in [3.63, 3.8) is 0 Å². The van der Waals surface area contributed by atoms with Gasteiger partial charge in [-0.2, -0.15) is 0 Å². The highest BCUT2D eigenvalue weighted by Crippen LogP contribution is 2.17. The molecular weight excluding hydrogens is 236 g/mol. The summed E-state index contributed by atoms with van der Waals surface area (Å²) in [5.41, 5.74) is 4.32. The number of ether oxygens (including phenoxy) is 1. The van der Waals surface area contributed by atoms with E-state index in [2.05, 4.69) is 37.7 Å². The lowest BCUT2D eigenvalue weighted by Crippen LogP contribution is -2.16. The van der Waals surface area contributed by atoms with Crippen LogP contribution < -0.4 is 4.74 Å². The molecule has 0 aliphatic rings. The van der Waals surface area contributed by atoms with Crippen LogP contribution in [-0.4, -0.2) is 14.7 Å². The fraction of sp³-hybridized carbons (Fsp3) is 0.250. The Morgan fingerprint density at radius 2 is 2.00 bits per heavy atom. The zero-order valence-corrected chi connectivity index (χ0v) is 12.4. The Morgan fingerprint density at radius 3 is 2.67 bits per heavy atom. The number of hydrogen-bond acceptors (Lipinski definition) is 1. The second kappa shape index (κ2) is 6.88. The van der Waals surface area contributed by atoms with E-state index < -0.39 is 8.07 Å². The van der Waals surface area contributed by atoms with Crippen molar-refractivity contribution in [3.05, 3.63) is 54.6 Å². The quantitative estimate of drug-likeness (QED) is 0.449. The first kappa shape index (κ1) is 14.3. The summed E-state index contributed by atoms with van der Waals surface area (Å²) in [7, 11) is -1.35. The van der Waals surface area contributed by atoms with Crippen LogP contribution in [0.1, 0.15) is 5.56 Å². The summed E-state index contributed by atoms with van der Waals surface area (Å²) in [5, 5.41) is 0. The predicted octanol–water partition coefficient (Wildman–Crippen LogP) is 4.04. The van der Waals surface area contributed by atoms with Gasteiger partial charge in [0.25, 0.3) is 0 Å². The molecular formula is C16H20OSi. The number of para-hydroxylation sites is 1. The summed E-state index contributed by atoms with van der Waals surface area (Å²) in [4.78, 5) is 0. The number of rotatable bonds is 4. The van der Waals surface area contributed by atoms with Gasteiger partial charge in [0, 0.05) is 0 Å². The van der Waals surface area contributed by atoms with Crippen molar-refractivity contribution >= 4 is 8.07 Å². The molecule has 1 nitrogen and oxygen atoms in total. The van der Waals surface area contributed by atoms with Crippen LogP contribution in [0.4, 0.5) is 0 Å². The van der Waals surface area contributed by atoms with E-state index in [1.54, 1.807) is 6.08 Å². The van der Waals surface area contributed by atoms with Gasteiger partial charge in [0.1, 0.15) is 20.4 Å². The van der Waals surface area contributed by atoms with Crippen LogP contribution >= 0.6 is 0 Å². The van der Waals surface area contributed by atoms with Crippen LogP contribution in [0.25, 0.3) is 0 Å². The van der Waals surface area contributed by atoms with Gasteiger partial charge in [-0.1, -0.05) is 56.4 Å². The zero-order chi connectivity index (χ0) is 13.4. The van der Waals surface area contributed by atoms with Crippen molar-refractivity contribution in [3.8, 4) is 17.2 Å². The van der Waals surface area contributed by atoms with Gasteiger partial charge >= 0.3 is 0 Å². The second-order valence-electron chi connectivity index (χ2n) is 4.97. The van der Waals surface area contributed by atoms with Gasteiger partial charge in [0.15, 0.2) is 0 Å². The molecule has 94 valence electrons. The largest absolute Gasteiger partial charge is 0.488 e. The highest BCUT2D eigenvalue weighted by molar-refractivity contribution is 6.83. The number of allylic oxidation sites excluding steroid dienone is 2. The van der Waals surface area contributed by atoms with Gasteiger partial charge in [0.2, 0.25) is 0 Å². The summed E-state index contributed by atoms with van der Waals surface area (Å²) in [6.45, 7) is 10.9. The Hall–Kier alpha value is -1.72. The van der Waals surface area contributed by atoms with Crippen LogP contribution in [-0.2, 0) is 0 Å². The van der Waals surface area contributed by atoms with Gasteiger partial charge in [-0.25, -0.2) is 0 Å². The fourth-order valence-electron chi connectivity index (χ4n) is 1.24. The maximum Gasteiger partial charge on any atom is 0.135 e. The SMILES string of the molecule is C=C/C=C/COc1ccccc1C#C[Si](C)(C)C. The molecule has 0 bridgehead atoms. The highest BCUT2D eigenvalue weighted by atomic mass is 28.3. The molecule has 0 saturated heterocycles. The minimum atomic E-state index is -1.35. The number of benzene rings is 1. The second-order valence-corrected chi connectivity index (χ2v) is 9.72. The summed E-state index contributed by atoms with van der Waals surface area (Å²) in [6, 6.07) is 7.91. The average Bonchev–Trinajstić information content (AvgIpc) is 2.32. The molecule has 0 spiro atoms. The summed E-state index contributed by atoms with van der Waals surface area (Å²) < 4.78 is 5.68. The lowest BCUT2D eigenvalue weighted by atomic mass is 10.2. The molecule has 1 aromatic rings. The molecule has 0 unspecified atom stereocenters. The Labute approximate surface area is 111 Å². The van der Waals surface area contributed by atoms with Crippen LogP contribution in [0.2, 0.25) is 19.6 Å². The van der Waals surface area contributed by atoms with Crippen LogP contribution in [0, 0.1) is 11.5 Å². The lowest BCUT2D eigenvalue weighted by Gasteiger charge is -2.07. The molecule has 2 heteroatoms. The molecule has 0 aromatic heterocycles. The summed E-state index contributed by atoms with van der Waals surface area (Å²) >= 11 is 0. The van der Waals surface area contributed by atoms with Gasteiger partial charge in [-0.3, -0.25) is 0 Å². The van der Waals surface area contributed by atoms with Crippen molar-refractivity contribution < 1.29 is 4.74 Å². The standard InChI is InChI=1S/C16H20OSi/c1-5-6-9-13-17-16-11-8-7-10-15(16)12-14-18(2,3)4/h5-11H,1,13H2,2-4H3/b9-6+. The maximum atomic E-state index is 5.68. The van der Waals surface area contributed by atoms with Crippen molar-refractivity contribution in [1.29, 1.82) is 0 Å². The van der Waals surface area contributed by atoms with Crippen LogP contribution in [0.5, 0.6) is 5.75 Å². The molecule has 1 aromatic carbocycles. The van der Waals surface area contributed by atoms with Crippen molar-refractivity contribution in [1.82, 2.24) is 0 Å². The smallest absolute Gasteiger partial charge is 0.135 e. The molecule has 0 N–H and O–H groups in total. The first-order chi connectivity index (χ1) is 8.53. The Balaban J connectivity index is 2.82. The van der Waals surface area contributed by atoms with Gasteiger partial charge < -0.3 is 4.74 Å². The summed E-state index contributed by atoms with van der Waals surface area (Å²) in [5.74, 6) is 4.08. The van der Waals surface area contributed by atoms with Crippen molar-refractivity contribution in [2.45, 2.75) is 19.6 Å².